The predicted octanol–water partition coefficient (Wildman–Crippen LogP) is 10.2. The molecule has 1 amide bonds. The first-order valence-electron chi connectivity index (χ1n) is 24.2. The number of carbonyl (C=O) groups excluding carboxylic acids is 1. The molecular weight excluding hydrogens is 905 g/mol. The number of carbonyl (C=O) groups is 1. The fraction of sp³-hybridized carbons (Fsp3) is 0.500. The van der Waals surface area contributed by atoms with Crippen molar-refractivity contribution < 1.29 is 46.0 Å². The van der Waals surface area contributed by atoms with E-state index in [-0.39, 0.29) is 73.5 Å². The van der Waals surface area contributed by atoms with E-state index in [0.717, 1.165) is 61.9 Å². The lowest BCUT2D eigenvalue weighted by Crippen LogP contribution is -2.57. The number of benzene rings is 3. The van der Waals surface area contributed by atoms with Gasteiger partial charge in [0, 0.05) is 62.3 Å². The van der Waals surface area contributed by atoms with Crippen LogP contribution in [-0.2, 0) is 41.8 Å². The number of piperazine rings is 1. The monoisotopic (exact) mass is 966 g/mol. The molecule has 9 rings (SSSR count). The molecule has 0 radical (unpaired) electrons. The molecule has 1 aromatic heterocycles. The van der Waals surface area contributed by atoms with Crippen LogP contribution in [0.1, 0.15) is 111 Å². The molecule has 4 saturated heterocycles. The molecule has 4 aromatic rings. The van der Waals surface area contributed by atoms with Crippen LogP contribution in [0.4, 0.5) is 33.9 Å². The first-order chi connectivity index (χ1) is 33.5. The van der Waals surface area contributed by atoms with E-state index in [1.165, 1.54) is 6.07 Å². The Hall–Kier alpha value is -6.05. The van der Waals surface area contributed by atoms with Gasteiger partial charge in [-0.3, -0.25) is 9.80 Å². The fourth-order valence-corrected chi connectivity index (χ4v) is 11.0. The van der Waals surface area contributed by atoms with Crippen LogP contribution in [0.3, 0.4) is 0 Å². The van der Waals surface area contributed by atoms with E-state index in [4.69, 9.17) is 33.7 Å². The molecule has 0 saturated carbocycles. The van der Waals surface area contributed by atoms with Gasteiger partial charge in [-0.1, -0.05) is 55.2 Å². The third-order valence-electron chi connectivity index (χ3n) is 14.1. The van der Waals surface area contributed by atoms with Crippen LogP contribution in [0.15, 0.2) is 66.7 Å². The predicted molar refractivity (Wildman–Crippen MR) is 258 cm³/mol. The summed E-state index contributed by atoms with van der Waals surface area (Å²) in [5.74, 6) is 6.31. The van der Waals surface area contributed by atoms with Crippen molar-refractivity contribution in [2.24, 2.45) is 0 Å². The Bertz CT molecular complexity index is 2600. The Kier molecular flexibility index (Phi) is 13.7. The van der Waals surface area contributed by atoms with Crippen molar-refractivity contribution >= 4 is 17.6 Å². The van der Waals surface area contributed by atoms with Gasteiger partial charge in [-0.2, -0.15) is 23.1 Å². The maximum absolute atomic E-state index is 18.0. The normalized spacial score (nSPS) is 22.0. The molecule has 372 valence electrons. The number of amides is 1. The molecule has 3 unspecified atom stereocenters. The second-order valence-corrected chi connectivity index (χ2v) is 20.2. The van der Waals surface area contributed by atoms with Crippen LogP contribution in [-0.4, -0.2) is 96.1 Å². The third-order valence-corrected chi connectivity index (χ3v) is 14.1. The maximum Gasteiger partial charge on any atom is 0.418 e. The van der Waals surface area contributed by atoms with Crippen molar-refractivity contribution in [2.45, 2.75) is 128 Å². The summed E-state index contributed by atoms with van der Waals surface area (Å²) in [6.45, 7) is 14.5. The van der Waals surface area contributed by atoms with E-state index in [2.05, 4.69) is 28.2 Å². The lowest BCUT2D eigenvalue weighted by molar-refractivity contribution is -0.140. The van der Waals surface area contributed by atoms with Crippen LogP contribution in [0.2, 0.25) is 0 Å². The molecule has 4 atom stereocenters. The number of aromatic nitrogens is 2. The molecule has 0 aliphatic carbocycles. The van der Waals surface area contributed by atoms with Gasteiger partial charge in [-0.15, -0.1) is 0 Å². The number of halogens is 4. The lowest BCUT2D eigenvalue weighted by atomic mass is 9.90. The van der Waals surface area contributed by atoms with Gasteiger partial charge in [0.25, 0.3) is 0 Å². The minimum Gasteiger partial charge on any atom is -0.497 e. The Balaban J connectivity index is 1.13. The SMILES string of the molecule is C=C1CN2CCC[C@]2(COc2nc3c(c(N4CC5CCC(C4)N5C(=O)OC(C)(C)C)n2)COC(c2c(F)c(N(Cc4ccc(OC)cc4)Cc4ccc(OC)cc4)cc(C#CCC)c2C(F)(F)F)C3)C1. The molecule has 5 aliphatic rings. The van der Waals surface area contributed by atoms with E-state index in [0.29, 0.717) is 48.3 Å². The first-order valence-corrected chi connectivity index (χ1v) is 24.2. The first kappa shape index (κ1) is 49.0. The summed E-state index contributed by atoms with van der Waals surface area (Å²) >= 11 is 0. The highest BCUT2D eigenvalue weighted by atomic mass is 19.4. The van der Waals surface area contributed by atoms with E-state index in [1.54, 1.807) is 50.3 Å². The molecule has 4 fully saturated rings. The largest absolute Gasteiger partial charge is 0.497 e. The van der Waals surface area contributed by atoms with Crippen LogP contribution in [0.25, 0.3) is 0 Å². The van der Waals surface area contributed by atoms with Gasteiger partial charge in [0.05, 0.1) is 61.5 Å². The second-order valence-electron chi connectivity index (χ2n) is 20.2. The van der Waals surface area contributed by atoms with Gasteiger partial charge in [-0.25, -0.2) is 9.18 Å². The standard InChI is InChI=1S/C54H62F4N6O6/c1-8-9-11-37-24-44(61(28-35-12-18-40(66-6)19-13-35)29-36-14-20-41(67-7)21-15-36)48(55)46(47(37)54(56,57)58)45-25-43-42(32-68-45)49(60-50(59-43)69-33-53-22-10-23-63(53)27-34(2)26-53)62-30-38-16-17-39(31-62)64(38)51(65)70-52(3,4)5/h12-15,18-21,24,38-39,45H,2,8,10,16-17,22-23,25-33H2,1,3-7H3/t38?,39?,45?,53-/m1/s1. The summed E-state index contributed by atoms with van der Waals surface area (Å²) in [4.78, 5) is 31.5. The summed E-state index contributed by atoms with van der Waals surface area (Å²) in [6.07, 6.45) is -2.47. The smallest absolute Gasteiger partial charge is 0.418 e. The highest BCUT2D eigenvalue weighted by Crippen LogP contribution is 2.47. The lowest BCUT2D eigenvalue weighted by Gasteiger charge is -2.42. The summed E-state index contributed by atoms with van der Waals surface area (Å²) in [5.41, 5.74) is 0.515. The van der Waals surface area contributed by atoms with Crippen LogP contribution < -0.4 is 24.0 Å². The van der Waals surface area contributed by atoms with E-state index >= 15 is 17.6 Å². The average molecular weight is 967 g/mol. The fourth-order valence-electron chi connectivity index (χ4n) is 11.0. The van der Waals surface area contributed by atoms with E-state index < -0.39 is 34.8 Å². The molecule has 0 spiro atoms. The van der Waals surface area contributed by atoms with Crippen molar-refractivity contribution in [2.75, 3.05) is 56.8 Å². The van der Waals surface area contributed by atoms with Crippen molar-refractivity contribution in [3.63, 3.8) is 0 Å². The van der Waals surface area contributed by atoms with Crippen molar-refractivity contribution in [3.8, 4) is 29.4 Å². The summed E-state index contributed by atoms with van der Waals surface area (Å²) in [6, 6.07) is 15.5. The molecule has 2 bridgehead atoms. The minimum atomic E-state index is -5.01. The maximum atomic E-state index is 18.0. The van der Waals surface area contributed by atoms with Crippen molar-refractivity contribution in [3.05, 3.63) is 112 Å². The number of nitrogens with zero attached hydrogens (tertiary/aromatic N) is 6. The number of ether oxygens (including phenoxy) is 5. The van der Waals surface area contributed by atoms with Gasteiger partial charge in [0.15, 0.2) is 5.82 Å². The zero-order valence-electron chi connectivity index (χ0n) is 40.9. The average Bonchev–Trinajstić information content (AvgIpc) is 3.95. The minimum absolute atomic E-state index is 0.0614. The topological polar surface area (TPSA) is 102 Å². The van der Waals surface area contributed by atoms with Crippen molar-refractivity contribution in [1.29, 1.82) is 0 Å². The van der Waals surface area contributed by atoms with Crippen LogP contribution in [0, 0.1) is 17.7 Å². The zero-order valence-corrected chi connectivity index (χ0v) is 40.9. The molecule has 70 heavy (non-hydrogen) atoms. The van der Waals surface area contributed by atoms with Crippen LogP contribution >= 0.6 is 0 Å². The molecule has 0 N–H and O–H groups in total. The van der Waals surface area contributed by atoms with Crippen LogP contribution in [0.5, 0.6) is 17.5 Å². The Morgan fingerprint density at radius 2 is 1.61 bits per heavy atom. The Labute approximate surface area is 407 Å². The highest BCUT2D eigenvalue weighted by Gasteiger charge is 2.49. The molecule has 12 nitrogen and oxygen atoms in total. The van der Waals surface area contributed by atoms with E-state index in [9.17, 15) is 4.79 Å². The quantitative estimate of drug-likeness (QED) is 0.0771. The number of methoxy groups -OCH3 is 2. The van der Waals surface area contributed by atoms with Gasteiger partial charge in [0.1, 0.15) is 29.5 Å². The summed E-state index contributed by atoms with van der Waals surface area (Å²) in [7, 11) is 3.12. The van der Waals surface area contributed by atoms with Gasteiger partial charge >= 0.3 is 18.3 Å². The summed E-state index contributed by atoms with van der Waals surface area (Å²) in [5, 5.41) is 0. The van der Waals surface area contributed by atoms with Crippen molar-refractivity contribution in [1.82, 2.24) is 19.8 Å². The zero-order chi connectivity index (χ0) is 49.5. The van der Waals surface area contributed by atoms with Gasteiger partial charge < -0.3 is 33.5 Å². The summed E-state index contributed by atoms with van der Waals surface area (Å²) < 4.78 is 94.8. The molecule has 6 heterocycles. The van der Waals surface area contributed by atoms with Gasteiger partial charge in [-0.05, 0) is 101 Å². The number of hydrogen-bond acceptors (Lipinski definition) is 11. The number of rotatable bonds is 12. The molecule has 3 aromatic carbocycles. The number of alkyl halides is 3. The Morgan fingerprint density at radius 1 is 0.971 bits per heavy atom. The molecule has 16 heteroatoms. The number of fused-ring (bicyclic) bond motifs is 4. The second kappa shape index (κ2) is 19.6. The number of hydrogen-bond donors (Lipinski definition) is 0. The highest BCUT2D eigenvalue weighted by molar-refractivity contribution is 5.70. The molecular formula is C54H62F4N6O6. The third kappa shape index (κ3) is 10.1. The molecule has 5 aliphatic heterocycles. The number of anilines is 2. The van der Waals surface area contributed by atoms with E-state index in [1.807, 2.05) is 49.9 Å². The van der Waals surface area contributed by atoms with Gasteiger partial charge in [0.2, 0.25) is 0 Å². The Morgan fingerprint density at radius 3 is 2.20 bits per heavy atom.